The summed E-state index contributed by atoms with van der Waals surface area (Å²) < 4.78 is 5.71. The van der Waals surface area contributed by atoms with Crippen LogP contribution in [0, 0.1) is 6.92 Å². The minimum atomic E-state index is -0.275. The summed E-state index contributed by atoms with van der Waals surface area (Å²) in [6, 6.07) is 22.3. The summed E-state index contributed by atoms with van der Waals surface area (Å²) in [7, 11) is 0. The van der Waals surface area contributed by atoms with Crippen LogP contribution in [0.15, 0.2) is 77.9 Å². The van der Waals surface area contributed by atoms with Gasteiger partial charge in [-0.2, -0.15) is 5.10 Å². The van der Waals surface area contributed by atoms with Crippen molar-refractivity contribution in [3.63, 3.8) is 0 Å². The Morgan fingerprint density at radius 2 is 1.67 bits per heavy atom. The van der Waals surface area contributed by atoms with Gasteiger partial charge in [0, 0.05) is 10.6 Å². The average Bonchev–Trinajstić information content (AvgIpc) is 2.69. The van der Waals surface area contributed by atoms with Crippen LogP contribution in [0.3, 0.4) is 0 Å². The molecule has 0 saturated carbocycles. The van der Waals surface area contributed by atoms with E-state index in [0.717, 1.165) is 11.1 Å². The summed E-state index contributed by atoms with van der Waals surface area (Å²) in [5, 5.41) is 4.68. The SMILES string of the molecule is Cc1ccc(/C=N/NC(=O)c2ccc(OCc3ccc(Cl)cc3)cc2)cc1. The van der Waals surface area contributed by atoms with E-state index in [1.165, 1.54) is 5.56 Å². The molecule has 0 aliphatic heterocycles. The van der Waals surface area contributed by atoms with Crippen molar-refractivity contribution in [2.24, 2.45) is 5.10 Å². The molecule has 0 unspecified atom stereocenters. The minimum absolute atomic E-state index is 0.275. The molecule has 0 heterocycles. The Labute approximate surface area is 163 Å². The molecule has 1 amide bonds. The third-order valence-electron chi connectivity index (χ3n) is 3.89. The van der Waals surface area contributed by atoms with E-state index in [1.54, 1.807) is 30.5 Å². The maximum atomic E-state index is 12.1. The normalized spacial score (nSPS) is 10.7. The van der Waals surface area contributed by atoms with E-state index in [9.17, 15) is 4.79 Å². The summed E-state index contributed by atoms with van der Waals surface area (Å²) in [5.41, 5.74) is 6.15. The zero-order chi connectivity index (χ0) is 19.1. The lowest BCUT2D eigenvalue weighted by Crippen LogP contribution is -2.17. The van der Waals surface area contributed by atoms with Crippen LogP contribution in [0.5, 0.6) is 5.75 Å². The lowest BCUT2D eigenvalue weighted by molar-refractivity contribution is 0.0955. The third-order valence-corrected chi connectivity index (χ3v) is 4.14. The van der Waals surface area contributed by atoms with Crippen molar-refractivity contribution in [1.82, 2.24) is 5.43 Å². The van der Waals surface area contributed by atoms with Crippen LogP contribution in [0.4, 0.5) is 0 Å². The number of rotatable bonds is 6. The molecule has 27 heavy (non-hydrogen) atoms. The maximum Gasteiger partial charge on any atom is 0.271 e. The third kappa shape index (κ3) is 5.69. The topological polar surface area (TPSA) is 50.7 Å². The molecule has 0 bridgehead atoms. The fraction of sp³-hybridized carbons (Fsp3) is 0.0909. The average molecular weight is 379 g/mol. The summed E-state index contributed by atoms with van der Waals surface area (Å²) in [6.07, 6.45) is 1.61. The molecule has 0 spiro atoms. The molecule has 0 fully saturated rings. The number of benzene rings is 3. The predicted octanol–water partition coefficient (Wildman–Crippen LogP) is 4.99. The second-order valence-corrected chi connectivity index (χ2v) is 6.49. The van der Waals surface area contributed by atoms with Gasteiger partial charge in [0.25, 0.3) is 5.91 Å². The van der Waals surface area contributed by atoms with E-state index >= 15 is 0 Å². The standard InChI is InChI=1S/C22H19ClN2O2/c1-16-2-4-17(5-3-16)14-24-25-22(26)19-8-12-21(13-9-19)27-15-18-6-10-20(23)11-7-18/h2-14H,15H2,1H3,(H,25,26)/b24-14+. The summed E-state index contributed by atoms with van der Waals surface area (Å²) in [5.74, 6) is 0.410. The van der Waals surface area contributed by atoms with Crippen molar-refractivity contribution >= 4 is 23.7 Å². The molecular weight excluding hydrogens is 360 g/mol. The van der Waals surface area contributed by atoms with Crippen LogP contribution >= 0.6 is 11.6 Å². The van der Waals surface area contributed by atoms with Crippen molar-refractivity contribution < 1.29 is 9.53 Å². The number of carbonyl (C=O) groups is 1. The highest BCUT2D eigenvalue weighted by Crippen LogP contribution is 2.15. The Kier molecular flexibility index (Phi) is 6.23. The quantitative estimate of drug-likeness (QED) is 0.485. The Morgan fingerprint density at radius 1 is 1.00 bits per heavy atom. The van der Waals surface area contributed by atoms with Gasteiger partial charge in [-0.05, 0) is 54.4 Å². The molecule has 0 saturated heterocycles. The highest BCUT2D eigenvalue weighted by molar-refractivity contribution is 6.30. The summed E-state index contributed by atoms with van der Waals surface area (Å²) >= 11 is 5.86. The van der Waals surface area contributed by atoms with Gasteiger partial charge in [-0.15, -0.1) is 0 Å². The van der Waals surface area contributed by atoms with Crippen molar-refractivity contribution in [3.05, 3.63) is 100 Å². The lowest BCUT2D eigenvalue weighted by atomic mass is 10.2. The number of hydrazone groups is 1. The fourth-order valence-corrected chi connectivity index (χ4v) is 2.46. The van der Waals surface area contributed by atoms with Crippen LogP contribution in [0.25, 0.3) is 0 Å². The zero-order valence-electron chi connectivity index (χ0n) is 14.9. The molecule has 136 valence electrons. The van der Waals surface area contributed by atoms with E-state index in [0.29, 0.717) is 22.9 Å². The van der Waals surface area contributed by atoms with Gasteiger partial charge in [0.15, 0.2) is 0 Å². The van der Waals surface area contributed by atoms with Gasteiger partial charge in [0.2, 0.25) is 0 Å². The van der Waals surface area contributed by atoms with E-state index in [2.05, 4.69) is 10.5 Å². The molecule has 0 aliphatic carbocycles. The molecule has 1 N–H and O–H groups in total. The van der Waals surface area contributed by atoms with Crippen LogP contribution < -0.4 is 10.2 Å². The largest absolute Gasteiger partial charge is 0.489 e. The first-order valence-electron chi connectivity index (χ1n) is 8.47. The Morgan fingerprint density at radius 3 is 2.33 bits per heavy atom. The lowest BCUT2D eigenvalue weighted by Gasteiger charge is -2.07. The van der Waals surface area contributed by atoms with Gasteiger partial charge in [-0.1, -0.05) is 53.6 Å². The van der Waals surface area contributed by atoms with Crippen LogP contribution in [0.1, 0.15) is 27.0 Å². The number of aryl methyl sites for hydroxylation is 1. The highest BCUT2D eigenvalue weighted by Gasteiger charge is 2.04. The fourth-order valence-electron chi connectivity index (χ4n) is 2.33. The van der Waals surface area contributed by atoms with Gasteiger partial charge in [-0.3, -0.25) is 4.79 Å². The number of hydrogen-bond acceptors (Lipinski definition) is 3. The number of carbonyl (C=O) groups excluding carboxylic acids is 1. The van der Waals surface area contributed by atoms with Gasteiger partial charge in [0.05, 0.1) is 6.21 Å². The molecular formula is C22H19ClN2O2. The number of nitrogens with one attached hydrogen (secondary N) is 1. The first-order chi connectivity index (χ1) is 13.1. The maximum absolute atomic E-state index is 12.1. The van der Waals surface area contributed by atoms with Gasteiger partial charge >= 0.3 is 0 Å². The number of amides is 1. The van der Waals surface area contributed by atoms with Crippen LogP contribution in [-0.4, -0.2) is 12.1 Å². The Hall–Kier alpha value is -3.11. The van der Waals surface area contributed by atoms with E-state index < -0.39 is 0 Å². The van der Waals surface area contributed by atoms with Crippen molar-refractivity contribution in [2.45, 2.75) is 13.5 Å². The molecule has 5 heteroatoms. The van der Waals surface area contributed by atoms with Crippen LogP contribution in [0.2, 0.25) is 5.02 Å². The molecule has 0 aromatic heterocycles. The van der Waals surface area contributed by atoms with Gasteiger partial charge < -0.3 is 4.74 Å². The number of hydrogen-bond donors (Lipinski definition) is 1. The van der Waals surface area contributed by atoms with E-state index in [4.69, 9.17) is 16.3 Å². The molecule has 3 aromatic carbocycles. The summed E-state index contributed by atoms with van der Waals surface area (Å²) in [4.78, 5) is 12.1. The van der Waals surface area contributed by atoms with Crippen molar-refractivity contribution in [2.75, 3.05) is 0 Å². The second-order valence-electron chi connectivity index (χ2n) is 6.05. The number of halogens is 1. The number of nitrogens with zero attached hydrogens (tertiary/aromatic N) is 1. The van der Waals surface area contributed by atoms with Crippen LogP contribution in [-0.2, 0) is 6.61 Å². The van der Waals surface area contributed by atoms with E-state index in [1.807, 2.05) is 55.5 Å². The zero-order valence-corrected chi connectivity index (χ0v) is 15.6. The molecule has 3 rings (SSSR count). The molecule has 0 radical (unpaired) electrons. The highest BCUT2D eigenvalue weighted by atomic mass is 35.5. The second kappa shape index (κ2) is 9.01. The monoisotopic (exact) mass is 378 g/mol. The van der Waals surface area contributed by atoms with Crippen molar-refractivity contribution in [3.8, 4) is 5.75 Å². The predicted molar refractivity (Wildman–Crippen MR) is 108 cm³/mol. The molecule has 0 aliphatic rings. The summed E-state index contributed by atoms with van der Waals surface area (Å²) in [6.45, 7) is 2.45. The van der Waals surface area contributed by atoms with Gasteiger partial charge in [-0.25, -0.2) is 5.43 Å². The Bertz CT molecular complexity index is 918. The molecule has 4 nitrogen and oxygen atoms in total. The van der Waals surface area contributed by atoms with E-state index in [-0.39, 0.29) is 5.91 Å². The first kappa shape index (κ1) is 18.7. The number of ether oxygens (including phenoxy) is 1. The van der Waals surface area contributed by atoms with Gasteiger partial charge in [0.1, 0.15) is 12.4 Å². The Balaban J connectivity index is 1.52. The van der Waals surface area contributed by atoms with Crippen molar-refractivity contribution in [1.29, 1.82) is 0 Å². The minimum Gasteiger partial charge on any atom is -0.489 e. The smallest absolute Gasteiger partial charge is 0.271 e. The first-order valence-corrected chi connectivity index (χ1v) is 8.85. The molecule has 3 aromatic rings. The molecule has 0 atom stereocenters.